The van der Waals surface area contributed by atoms with Crippen LogP contribution in [0.3, 0.4) is 0 Å². The minimum absolute atomic E-state index is 0.214. The number of methoxy groups -OCH3 is 1. The summed E-state index contributed by atoms with van der Waals surface area (Å²) in [6, 6.07) is 14.5. The number of nitrogens with zero attached hydrogens (tertiary/aromatic N) is 1. The quantitative estimate of drug-likeness (QED) is 0.453. The largest absolute Gasteiger partial charge is 0.496 e. The van der Waals surface area contributed by atoms with Crippen LogP contribution in [-0.4, -0.2) is 23.2 Å². The van der Waals surface area contributed by atoms with Crippen LogP contribution in [0.2, 0.25) is 0 Å². The predicted molar refractivity (Wildman–Crippen MR) is 136 cm³/mol. The molecule has 34 heavy (non-hydrogen) atoms. The summed E-state index contributed by atoms with van der Waals surface area (Å²) in [7, 11) is 1.67. The number of imide groups is 1. The van der Waals surface area contributed by atoms with E-state index in [1.54, 1.807) is 7.11 Å². The number of carbonyl (C=O) groups excluding carboxylic acids is 2. The van der Waals surface area contributed by atoms with E-state index in [1.165, 1.54) is 49.0 Å². The zero-order valence-electron chi connectivity index (χ0n) is 19.9. The fourth-order valence-corrected chi connectivity index (χ4v) is 8.24. The van der Waals surface area contributed by atoms with Crippen LogP contribution in [-0.2, 0) is 16.8 Å². The Balaban J connectivity index is 1.30. The van der Waals surface area contributed by atoms with Crippen molar-refractivity contribution in [2.75, 3.05) is 7.11 Å². The molecule has 1 heterocycles. The summed E-state index contributed by atoms with van der Waals surface area (Å²) in [5.41, 5.74) is 4.64. The number of hydrogen-bond acceptors (Lipinski definition) is 4. The van der Waals surface area contributed by atoms with Crippen molar-refractivity contribution in [2.45, 2.75) is 57.4 Å². The number of hydrogen-bond donors (Lipinski definition) is 0. The third-order valence-corrected chi connectivity index (χ3v) is 9.37. The zero-order chi connectivity index (χ0) is 23.4. The first kappa shape index (κ1) is 22.0. The lowest BCUT2D eigenvalue weighted by Gasteiger charge is -2.57. The Labute approximate surface area is 205 Å². The monoisotopic (exact) mass is 473 g/mol. The van der Waals surface area contributed by atoms with Gasteiger partial charge in [-0.05, 0) is 110 Å². The predicted octanol–water partition coefficient (Wildman–Crippen LogP) is 6.71. The van der Waals surface area contributed by atoms with Gasteiger partial charge in [0.25, 0.3) is 11.1 Å². The maximum atomic E-state index is 13.2. The molecule has 0 unspecified atom stereocenters. The first-order valence-electron chi connectivity index (χ1n) is 12.4. The molecule has 4 nitrogen and oxygen atoms in total. The summed E-state index contributed by atoms with van der Waals surface area (Å²) in [5.74, 6) is 3.14. The molecule has 7 rings (SSSR count). The van der Waals surface area contributed by atoms with Crippen LogP contribution in [0, 0.1) is 24.7 Å². The Kier molecular flexibility index (Phi) is 5.36. The van der Waals surface area contributed by atoms with E-state index < -0.39 is 0 Å². The smallest absolute Gasteiger partial charge is 0.293 e. The van der Waals surface area contributed by atoms with E-state index in [0.29, 0.717) is 11.4 Å². The Bertz CT molecular complexity index is 1160. The van der Waals surface area contributed by atoms with Crippen molar-refractivity contribution >= 4 is 29.0 Å². The van der Waals surface area contributed by atoms with E-state index in [9.17, 15) is 9.59 Å². The highest BCUT2D eigenvalue weighted by Gasteiger charge is 2.51. The Morgan fingerprint density at radius 3 is 2.38 bits per heavy atom. The van der Waals surface area contributed by atoms with Crippen molar-refractivity contribution in [2.24, 2.45) is 17.8 Å². The van der Waals surface area contributed by atoms with Gasteiger partial charge in [0.2, 0.25) is 0 Å². The summed E-state index contributed by atoms with van der Waals surface area (Å²) in [4.78, 5) is 27.7. The SMILES string of the molecule is COc1ccc(C23CC4CC(CC(C4)C2)C3)cc1/C=C1/SC(=O)N(Cc2cccc(C)c2)C1=O. The summed E-state index contributed by atoms with van der Waals surface area (Å²) in [6.07, 6.45) is 9.97. The number of rotatable bonds is 5. The van der Waals surface area contributed by atoms with Crippen molar-refractivity contribution in [1.29, 1.82) is 0 Å². The second-order valence-electron chi connectivity index (χ2n) is 10.9. The third-order valence-electron chi connectivity index (χ3n) is 8.46. The van der Waals surface area contributed by atoms with Gasteiger partial charge in [0.15, 0.2) is 0 Å². The Morgan fingerprint density at radius 2 is 1.74 bits per heavy atom. The van der Waals surface area contributed by atoms with Gasteiger partial charge in [0.1, 0.15) is 5.75 Å². The number of carbonyl (C=O) groups is 2. The molecule has 4 saturated carbocycles. The van der Waals surface area contributed by atoms with Gasteiger partial charge in [-0.2, -0.15) is 0 Å². The van der Waals surface area contributed by atoms with Crippen LogP contribution in [0.15, 0.2) is 47.4 Å². The van der Waals surface area contributed by atoms with Gasteiger partial charge >= 0.3 is 0 Å². The van der Waals surface area contributed by atoms with Crippen molar-refractivity contribution < 1.29 is 14.3 Å². The van der Waals surface area contributed by atoms with Gasteiger partial charge in [0, 0.05) is 5.56 Å². The van der Waals surface area contributed by atoms with E-state index in [1.807, 2.05) is 37.3 Å². The summed E-state index contributed by atoms with van der Waals surface area (Å²) < 4.78 is 5.66. The second-order valence-corrected chi connectivity index (χ2v) is 11.9. The van der Waals surface area contributed by atoms with Gasteiger partial charge in [-0.25, -0.2) is 0 Å². The fraction of sp³-hybridized carbons (Fsp3) is 0.448. The molecule has 0 radical (unpaired) electrons. The van der Waals surface area contributed by atoms with Crippen LogP contribution >= 0.6 is 11.8 Å². The molecule has 1 saturated heterocycles. The molecule has 176 valence electrons. The average molecular weight is 474 g/mol. The van der Waals surface area contributed by atoms with Crippen molar-refractivity contribution in [1.82, 2.24) is 4.90 Å². The molecule has 5 aliphatic rings. The lowest BCUT2D eigenvalue weighted by atomic mass is 9.48. The molecular formula is C29H31NO3S. The van der Waals surface area contributed by atoms with E-state index in [0.717, 1.165) is 52.0 Å². The Morgan fingerprint density at radius 1 is 1.03 bits per heavy atom. The molecule has 2 amide bonds. The highest BCUT2D eigenvalue weighted by molar-refractivity contribution is 8.18. The molecule has 0 N–H and O–H groups in total. The minimum atomic E-state index is -0.223. The molecule has 5 fully saturated rings. The average Bonchev–Trinajstić information content (AvgIpc) is 3.05. The van der Waals surface area contributed by atoms with Crippen LogP contribution in [0.4, 0.5) is 4.79 Å². The van der Waals surface area contributed by atoms with Gasteiger partial charge in [-0.3, -0.25) is 14.5 Å². The standard InChI is InChI=1S/C29H31NO3S/c1-18-4-3-5-19(8-18)17-30-27(31)26(34-28(30)32)13-23-12-24(6-7-25(23)33-2)29-14-20-9-21(15-29)11-22(10-20)16-29/h3-8,12-13,20-22H,9-11,14-17H2,1-2H3/b26-13+. The summed E-state index contributed by atoms with van der Waals surface area (Å²) in [5, 5.41) is -0.214. The van der Waals surface area contributed by atoms with Crippen molar-refractivity contribution in [3.63, 3.8) is 0 Å². The molecule has 4 bridgehead atoms. The first-order chi connectivity index (χ1) is 16.4. The minimum Gasteiger partial charge on any atom is -0.496 e. The third kappa shape index (κ3) is 3.78. The number of ether oxygens (including phenoxy) is 1. The summed E-state index contributed by atoms with van der Waals surface area (Å²) in [6.45, 7) is 2.31. The van der Waals surface area contributed by atoms with Crippen LogP contribution in [0.25, 0.3) is 6.08 Å². The van der Waals surface area contributed by atoms with Gasteiger partial charge < -0.3 is 4.74 Å². The molecule has 4 aliphatic carbocycles. The Hall–Kier alpha value is -2.53. The molecule has 5 heteroatoms. The number of thioether (sulfide) groups is 1. The van der Waals surface area contributed by atoms with E-state index in [2.05, 4.69) is 18.2 Å². The molecule has 0 atom stereocenters. The topological polar surface area (TPSA) is 46.6 Å². The van der Waals surface area contributed by atoms with Gasteiger partial charge in [-0.1, -0.05) is 35.9 Å². The van der Waals surface area contributed by atoms with Crippen molar-refractivity contribution in [3.05, 3.63) is 69.6 Å². The second kappa shape index (κ2) is 8.30. The van der Waals surface area contributed by atoms with Gasteiger partial charge in [0.05, 0.1) is 18.6 Å². The molecule has 2 aromatic rings. The maximum absolute atomic E-state index is 13.2. The molecular weight excluding hydrogens is 442 g/mol. The molecule has 1 aliphatic heterocycles. The number of aryl methyl sites for hydroxylation is 1. The van der Waals surface area contributed by atoms with E-state index in [-0.39, 0.29) is 16.6 Å². The normalized spacial score (nSPS) is 31.1. The molecule has 0 spiro atoms. The lowest BCUT2D eigenvalue weighted by molar-refractivity contribution is -0.123. The highest BCUT2D eigenvalue weighted by atomic mass is 32.2. The lowest BCUT2D eigenvalue weighted by Crippen LogP contribution is -2.48. The van der Waals surface area contributed by atoms with E-state index >= 15 is 0 Å². The number of benzene rings is 2. The van der Waals surface area contributed by atoms with E-state index in [4.69, 9.17) is 4.74 Å². The first-order valence-corrected chi connectivity index (χ1v) is 13.2. The van der Waals surface area contributed by atoms with Crippen LogP contribution < -0.4 is 4.74 Å². The number of amides is 2. The molecule has 0 aromatic heterocycles. The fourth-order valence-electron chi connectivity index (χ4n) is 7.41. The maximum Gasteiger partial charge on any atom is 0.293 e. The van der Waals surface area contributed by atoms with Crippen molar-refractivity contribution in [3.8, 4) is 5.75 Å². The van der Waals surface area contributed by atoms with Crippen LogP contribution in [0.5, 0.6) is 5.75 Å². The molecule has 2 aromatic carbocycles. The summed E-state index contributed by atoms with van der Waals surface area (Å²) >= 11 is 1.03. The van der Waals surface area contributed by atoms with Crippen LogP contribution in [0.1, 0.15) is 60.8 Å². The zero-order valence-corrected chi connectivity index (χ0v) is 20.7. The highest BCUT2D eigenvalue weighted by Crippen LogP contribution is 2.61. The van der Waals surface area contributed by atoms with Gasteiger partial charge in [-0.15, -0.1) is 0 Å².